The number of aliphatic hydroxyl groups excluding tert-OH is 1. The molecule has 1 aromatic carbocycles. The van der Waals surface area contributed by atoms with Crippen LogP contribution in [-0.2, 0) is 59.5 Å². The van der Waals surface area contributed by atoms with Gasteiger partial charge in [-0.05, 0) is 61.6 Å². The van der Waals surface area contributed by atoms with Crippen molar-refractivity contribution in [1.29, 1.82) is 0 Å². The van der Waals surface area contributed by atoms with Crippen LogP contribution in [0.15, 0.2) is 24.3 Å². The van der Waals surface area contributed by atoms with Gasteiger partial charge in [-0.3, -0.25) is 38.5 Å². The molecule has 21 heteroatoms. The first-order chi connectivity index (χ1) is 30.5. The van der Waals surface area contributed by atoms with E-state index < -0.39 is 63.6 Å². The van der Waals surface area contributed by atoms with E-state index in [0.717, 1.165) is 6.26 Å². The first-order valence-electron chi connectivity index (χ1n) is 22.2. The maximum absolute atomic E-state index is 13.7. The Hall–Kier alpha value is -5.15. The van der Waals surface area contributed by atoms with Crippen molar-refractivity contribution in [2.24, 2.45) is 23.7 Å². The molecule has 0 spiro atoms. The van der Waals surface area contributed by atoms with Gasteiger partial charge in [0, 0.05) is 56.8 Å². The lowest BCUT2D eigenvalue weighted by Crippen LogP contribution is -2.57. The highest BCUT2D eigenvalue weighted by molar-refractivity contribution is 7.90. The molecule has 366 valence electrons. The SMILES string of the molecule is CC(C)CN(CCS(C)(=O)=O)C(=O)OCc1ccc(NC(=O)[C@H](C)NC(=O)[C@@H](NC(=O)[C@H](CCCCNC(=O)CCO)NC(=O)CCOCCN2C(=O)CC(C(C)C)C2=O)C(C)C)cc1. The fraction of sp³-hybridized carbons (Fsp3) is 0.682. The summed E-state index contributed by atoms with van der Waals surface area (Å²) in [6.45, 7) is 12.7. The van der Waals surface area contributed by atoms with E-state index in [2.05, 4.69) is 26.6 Å². The molecule has 0 radical (unpaired) electrons. The normalized spacial score (nSPS) is 15.4. The highest BCUT2D eigenvalue weighted by Gasteiger charge is 2.39. The number of aliphatic hydroxyl groups is 1. The third-order valence-corrected chi connectivity index (χ3v) is 11.3. The Labute approximate surface area is 383 Å². The molecule has 1 heterocycles. The summed E-state index contributed by atoms with van der Waals surface area (Å²) in [7, 11) is -3.29. The number of unbranched alkanes of at least 4 members (excludes halogenated alkanes) is 1. The predicted molar refractivity (Wildman–Crippen MR) is 241 cm³/mol. The van der Waals surface area contributed by atoms with Crippen LogP contribution in [0.5, 0.6) is 0 Å². The van der Waals surface area contributed by atoms with Crippen molar-refractivity contribution in [2.45, 2.75) is 112 Å². The van der Waals surface area contributed by atoms with Gasteiger partial charge in [-0.1, -0.05) is 53.7 Å². The lowest BCUT2D eigenvalue weighted by molar-refractivity contribution is -0.141. The zero-order valence-electron chi connectivity index (χ0n) is 39.1. The predicted octanol–water partition coefficient (Wildman–Crippen LogP) is 1.50. The Balaban J connectivity index is 1.98. The van der Waals surface area contributed by atoms with Crippen LogP contribution in [0.4, 0.5) is 10.5 Å². The molecule has 1 aliphatic heterocycles. The summed E-state index contributed by atoms with van der Waals surface area (Å²) in [6.07, 6.45) is 1.43. The molecule has 1 fully saturated rings. The Kier molecular flexibility index (Phi) is 24.1. The molecule has 2 rings (SSSR count). The van der Waals surface area contributed by atoms with E-state index in [4.69, 9.17) is 14.6 Å². The quantitative estimate of drug-likeness (QED) is 0.0492. The van der Waals surface area contributed by atoms with E-state index >= 15 is 0 Å². The Morgan fingerprint density at radius 1 is 0.862 bits per heavy atom. The highest BCUT2D eigenvalue weighted by atomic mass is 32.2. The van der Waals surface area contributed by atoms with Crippen LogP contribution >= 0.6 is 0 Å². The van der Waals surface area contributed by atoms with Gasteiger partial charge in [-0.15, -0.1) is 0 Å². The van der Waals surface area contributed by atoms with Crippen molar-refractivity contribution in [3.63, 3.8) is 0 Å². The number of imide groups is 1. The number of sulfone groups is 1. The van der Waals surface area contributed by atoms with Crippen molar-refractivity contribution in [1.82, 2.24) is 31.1 Å². The first kappa shape index (κ1) is 56.0. The van der Waals surface area contributed by atoms with Gasteiger partial charge in [0.15, 0.2) is 0 Å². The summed E-state index contributed by atoms with van der Waals surface area (Å²) in [5.74, 6) is -4.07. The standard InChI is InChI=1S/C44H71N7O13S/c1-28(2)26-50(20-24-65(8,61)62)44(60)64-27-32-12-14-33(15-13-32)47-40(56)31(7)46-42(58)39(30(5)6)49-41(57)35(11-9-10-18-45-36(53)16-21-52)48-37(54)17-22-63-23-19-51-38(55)25-34(29(3)4)43(51)59/h12-15,28-31,34-35,39,52H,9-11,16-27H2,1-8H3,(H,45,53)(H,46,58)(H,47,56)(H,48,54)(H,49,57)/t31-,34?,35-,39-/m0/s1. The van der Waals surface area contributed by atoms with Gasteiger partial charge in [0.25, 0.3) is 0 Å². The maximum atomic E-state index is 13.7. The number of nitrogens with one attached hydrogen (secondary N) is 5. The second-order valence-corrected chi connectivity index (χ2v) is 19.7. The second-order valence-electron chi connectivity index (χ2n) is 17.4. The number of hydrogen-bond acceptors (Lipinski definition) is 13. The summed E-state index contributed by atoms with van der Waals surface area (Å²) >= 11 is 0. The molecule has 0 aliphatic carbocycles. The van der Waals surface area contributed by atoms with Crippen molar-refractivity contribution in [3.8, 4) is 0 Å². The number of carbonyl (C=O) groups is 8. The van der Waals surface area contributed by atoms with E-state index in [0.29, 0.717) is 30.6 Å². The van der Waals surface area contributed by atoms with Crippen molar-refractivity contribution >= 4 is 63.0 Å². The van der Waals surface area contributed by atoms with Gasteiger partial charge in [-0.25, -0.2) is 13.2 Å². The number of benzene rings is 1. The summed E-state index contributed by atoms with van der Waals surface area (Å²) in [5.41, 5.74) is 1.00. The summed E-state index contributed by atoms with van der Waals surface area (Å²) < 4.78 is 34.3. The molecule has 1 aliphatic rings. The number of rotatable bonds is 29. The average molecular weight is 938 g/mol. The molecule has 20 nitrogen and oxygen atoms in total. The number of carbonyl (C=O) groups excluding carboxylic acids is 8. The summed E-state index contributed by atoms with van der Waals surface area (Å²) in [6, 6.07) is 3.23. The molecule has 0 aromatic heterocycles. The largest absolute Gasteiger partial charge is 0.445 e. The molecule has 0 bridgehead atoms. The smallest absolute Gasteiger partial charge is 0.410 e. The Morgan fingerprint density at radius 3 is 2.12 bits per heavy atom. The molecule has 8 amide bonds. The fourth-order valence-corrected chi connectivity index (χ4v) is 7.17. The topological polar surface area (TPSA) is 276 Å². The molecule has 4 atom stereocenters. The third kappa shape index (κ3) is 21.1. The molecule has 0 saturated carbocycles. The molecule has 1 saturated heterocycles. The minimum Gasteiger partial charge on any atom is -0.445 e. The van der Waals surface area contributed by atoms with Gasteiger partial charge in [0.05, 0.1) is 32.1 Å². The minimum absolute atomic E-state index is 0.00338. The number of hydrogen-bond donors (Lipinski definition) is 6. The number of amides is 8. The second kappa shape index (κ2) is 28.0. The monoisotopic (exact) mass is 937 g/mol. The summed E-state index contributed by atoms with van der Waals surface area (Å²) in [5, 5.41) is 22.4. The zero-order valence-corrected chi connectivity index (χ0v) is 39.9. The van der Waals surface area contributed by atoms with Gasteiger partial charge < -0.3 is 46.1 Å². The van der Waals surface area contributed by atoms with Crippen LogP contribution in [0.25, 0.3) is 0 Å². The van der Waals surface area contributed by atoms with E-state index in [1.807, 2.05) is 27.7 Å². The van der Waals surface area contributed by atoms with E-state index in [1.165, 1.54) is 16.7 Å². The first-order valence-corrected chi connectivity index (χ1v) is 24.3. The molecule has 1 unspecified atom stereocenters. The number of anilines is 1. The van der Waals surface area contributed by atoms with Crippen LogP contribution in [0.2, 0.25) is 0 Å². The van der Waals surface area contributed by atoms with Crippen LogP contribution in [-0.4, -0.2) is 147 Å². The maximum Gasteiger partial charge on any atom is 0.410 e. The van der Waals surface area contributed by atoms with Gasteiger partial charge in [0.1, 0.15) is 34.6 Å². The lowest BCUT2D eigenvalue weighted by atomic mass is 9.94. The highest BCUT2D eigenvalue weighted by Crippen LogP contribution is 2.26. The van der Waals surface area contributed by atoms with Crippen LogP contribution in [0.1, 0.15) is 92.6 Å². The minimum atomic E-state index is -3.29. The van der Waals surface area contributed by atoms with Crippen molar-refractivity contribution in [2.75, 3.05) is 63.3 Å². The molecule has 1 aromatic rings. The number of likely N-dealkylation sites (tertiary alicyclic amines) is 1. The fourth-order valence-electron chi connectivity index (χ4n) is 6.62. The van der Waals surface area contributed by atoms with E-state index in [9.17, 15) is 46.8 Å². The number of ether oxygens (including phenoxy) is 2. The number of nitrogens with zero attached hydrogens (tertiary/aromatic N) is 2. The van der Waals surface area contributed by atoms with Gasteiger partial charge in [0.2, 0.25) is 41.4 Å². The van der Waals surface area contributed by atoms with Crippen LogP contribution < -0.4 is 26.6 Å². The molecule has 6 N–H and O–H groups in total. The molecular weight excluding hydrogens is 867 g/mol. The lowest BCUT2D eigenvalue weighted by Gasteiger charge is -2.26. The van der Waals surface area contributed by atoms with Gasteiger partial charge >= 0.3 is 6.09 Å². The zero-order chi connectivity index (χ0) is 48.9. The molecular formula is C44H71N7O13S. The Morgan fingerprint density at radius 2 is 1.54 bits per heavy atom. The van der Waals surface area contributed by atoms with Crippen molar-refractivity contribution < 1.29 is 61.4 Å². The third-order valence-electron chi connectivity index (χ3n) is 10.4. The van der Waals surface area contributed by atoms with Crippen LogP contribution in [0.3, 0.4) is 0 Å². The Bertz CT molecular complexity index is 1880. The van der Waals surface area contributed by atoms with Gasteiger partial charge in [-0.2, -0.15) is 0 Å². The molecule has 65 heavy (non-hydrogen) atoms. The van der Waals surface area contributed by atoms with E-state index in [-0.39, 0.29) is 113 Å². The van der Waals surface area contributed by atoms with Crippen LogP contribution in [0, 0.1) is 23.7 Å². The van der Waals surface area contributed by atoms with E-state index in [1.54, 1.807) is 38.1 Å². The van der Waals surface area contributed by atoms with Crippen molar-refractivity contribution in [3.05, 3.63) is 29.8 Å². The summed E-state index contributed by atoms with van der Waals surface area (Å²) in [4.78, 5) is 105. The average Bonchev–Trinajstić information content (AvgIpc) is 3.51.